The van der Waals surface area contributed by atoms with Crippen LogP contribution in [0, 0.1) is 0 Å². The molecule has 1 heterocycles. The maximum Gasteiger partial charge on any atom is 0.253 e. The molecular weight excluding hydrogens is 240 g/mol. The SMILES string of the molecule is CCN(CC)C(=O)CSc1nc(N)cc(=O)[nH]1. The molecule has 0 unspecified atom stereocenters. The summed E-state index contributed by atoms with van der Waals surface area (Å²) in [5, 5.41) is 0.371. The summed E-state index contributed by atoms with van der Waals surface area (Å²) in [5.74, 6) is 0.422. The van der Waals surface area contributed by atoms with Crippen LogP contribution in [0.25, 0.3) is 0 Å². The van der Waals surface area contributed by atoms with E-state index in [0.29, 0.717) is 18.2 Å². The van der Waals surface area contributed by atoms with Gasteiger partial charge in [0, 0.05) is 19.2 Å². The summed E-state index contributed by atoms with van der Waals surface area (Å²) in [6.07, 6.45) is 0. The molecule has 0 fully saturated rings. The number of carbonyl (C=O) groups is 1. The Kier molecular flexibility index (Phi) is 5.02. The Morgan fingerprint density at radius 1 is 1.53 bits per heavy atom. The first-order valence-corrected chi connectivity index (χ1v) is 6.32. The number of aromatic nitrogens is 2. The second-order valence-electron chi connectivity index (χ2n) is 3.33. The maximum absolute atomic E-state index is 11.7. The van der Waals surface area contributed by atoms with E-state index in [1.54, 1.807) is 4.90 Å². The molecule has 1 rings (SSSR count). The van der Waals surface area contributed by atoms with Crippen LogP contribution in [-0.2, 0) is 4.79 Å². The number of thioether (sulfide) groups is 1. The number of nitrogens with two attached hydrogens (primary N) is 1. The molecule has 0 atom stereocenters. The van der Waals surface area contributed by atoms with E-state index >= 15 is 0 Å². The van der Waals surface area contributed by atoms with Crippen LogP contribution in [0.4, 0.5) is 5.82 Å². The van der Waals surface area contributed by atoms with E-state index in [1.807, 2.05) is 13.8 Å². The third kappa shape index (κ3) is 4.10. The lowest BCUT2D eigenvalue weighted by Gasteiger charge is -2.17. The molecule has 3 N–H and O–H groups in total. The Morgan fingerprint density at radius 2 is 2.18 bits per heavy atom. The fourth-order valence-electron chi connectivity index (χ4n) is 1.32. The van der Waals surface area contributed by atoms with Gasteiger partial charge in [0.15, 0.2) is 5.16 Å². The number of anilines is 1. The molecule has 0 aliphatic rings. The number of aromatic amines is 1. The Bertz CT molecular complexity index is 442. The Morgan fingerprint density at radius 3 is 2.71 bits per heavy atom. The third-order valence-corrected chi connectivity index (χ3v) is 3.05. The van der Waals surface area contributed by atoms with E-state index in [0.717, 1.165) is 0 Å². The van der Waals surface area contributed by atoms with Crippen molar-refractivity contribution >= 4 is 23.5 Å². The quantitative estimate of drug-likeness (QED) is 0.584. The van der Waals surface area contributed by atoms with E-state index in [4.69, 9.17) is 5.73 Å². The summed E-state index contributed by atoms with van der Waals surface area (Å²) in [6.45, 7) is 5.20. The smallest absolute Gasteiger partial charge is 0.253 e. The van der Waals surface area contributed by atoms with E-state index in [2.05, 4.69) is 9.97 Å². The van der Waals surface area contributed by atoms with Crippen molar-refractivity contribution in [1.29, 1.82) is 0 Å². The van der Waals surface area contributed by atoms with Gasteiger partial charge in [-0.3, -0.25) is 9.59 Å². The minimum atomic E-state index is -0.310. The Hall–Kier alpha value is -1.50. The zero-order chi connectivity index (χ0) is 12.8. The lowest BCUT2D eigenvalue weighted by molar-refractivity contribution is -0.127. The van der Waals surface area contributed by atoms with E-state index in [-0.39, 0.29) is 23.0 Å². The average Bonchev–Trinajstić information content (AvgIpc) is 2.27. The van der Waals surface area contributed by atoms with Crippen LogP contribution >= 0.6 is 11.8 Å². The Balaban J connectivity index is 2.61. The molecular formula is C10H16N4O2S. The summed E-state index contributed by atoms with van der Waals surface area (Å²) < 4.78 is 0. The molecule has 17 heavy (non-hydrogen) atoms. The largest absolute Gasteiger partial charge is 0.383 e. The molecule has 0 aliphatic heterocycles. The Labute approximate surface area is 104 Å². The van der Waals surface area contributed by atoms with Crippen molar-refractivity contribution < 1.29 is 4.79 Å². The standard InChI is InChI=1S/C10H16N4O2S/c1-3-14(4-2)9(16)6-17-10-12-7(11)5-8(15)13-10/h5H,3-4,6H2,1-2H3,(H3,11,12,13,15). The predicted molar refractivity (Wildman–Crippen MR) is 67.9 cm³/mol. The molecule has 0 spiro atoms. The second kappa shape index (κ2) is 6.29. The molecule has 94 valence electrons. The highest BCUT2D eigenvalue weighted by molar-refractivity contribution is 7.99. The molecule has 0 aromatic carbocycles. The maximum atomic E-state index is 11.7. The number of nitrogen functional groups attached to an aromatic ring is 1. The molecule has 0 aliphatic carbocycles. The molecule has 1 aromatic rings. The zero-order valence-corrected chi connectivity index (χ0v) is 10.7. The molecule has 6 nitrogen and oxygen atoms in total. The van der Waals surface area contributed by atoms with Gasteiger partial charge in [-0.15, -0.1) is 0 Å². The average molecular weight is 256 g/mol. The van der Waals surface area contributed by atoms with Gasteiger partial charge in [0.25, 0.3) is 5.56 Å². The highest BCUT2D eigenvalue weighted by atomic mass is 32.2. The molecule has 0 radical (unpaired) electrons. The van der Waals surface area contributed by atoms with Crippen LogP contribution in [0.3, 0.4) is 0 Å². The van der Waals surface area contributed by atoms with Gasteiger partial charge in [0.1, 0.15) is 5.82 Å². The number of amides is 1. The van der Waals surface area contributed by atoms with Crippen LogP contribution in [0.1, 0.15) is 13.8 Å². The number of hydrogen-bond donors (Lipinski definition) is 2. The summed E-state index contributed by atoms with van der Waals surface area (Å²) in [7, 11) is 0. The lowest BCUT2D eigenvalue weighted by atomic mass is 10.5. The normalized spacial score (nSPS) is 10.2. The second-order valence-corrected chi connectivity index (χ2v) is 4.29. The molecule has 7 heteroatoms. The predicted octanol–water partition coefficient (Wildman–Crippen LogP) is 0.313. The van der Waals surface area contributed by atoms with Crippen LogP contribution in [0.5, 0.6) is 0 Å². The third-order valence-electron chi connectivity index (χ3n) is 2.19. The number of hydrogen-bond acceptors (Lipinski definition) is 5. The fourth-order valence-corrected chi connectivity index (χ4v) is 2.10. The van der Waals surface area contributed by atoms with Gasteiger partial charge in [-0.05, 0) is 13.8 Å². The van der Waals surface area contributed by atoms with Crippen molar-refractivity contribution in [3.8, 4) is 0 Å². The van der Waals surface area contributed by atoms with Crippen molar-refractivity contribution in [3.63, 3.8) is 0 Å². The van der Waals surface area contributed by atoms with Gasteiger partial charge in [-0.25, -0.2) is 4.98 Å². The zero-order valence-electron chi connectivity index (χ0n) is 9.90. The van der Waals surface area contributed by atoms with Crippen molar-refractivity contribution in [2.75, 3.05) is 24.6 Å². The van der Waals surface area contributed by atoms with Crippen molar-refractivity contribution in [2.45, 2.75) is 19.0 Å². The number of rotatable bonds is 5. The summed E-state index contributed by atoms with van der Waals surface area (Å²) in [5.41, 5.74) is 5.13. The molecule has 0 saturated heterocycles. The molecule has 0 saturated carbocycles. The number of carbonyl (C=O) groups excluding carboxylic acids is 1. The number of nitrogens with one attached hydrogen (secondary N) is 1. The summed E-state index contributed by atoms with van der Waals surface area (Å²) >= 11 is 1.18. The van der Waals surface area contributed by atoms with Gasteiger partial charge < -0.3 is 15.6 Å². The fraction of sp³-hybridized carbons (Fsp3) is 0.500. The number of H-pyrrole nitrogens is 1. The van der Waals surface area contributed by atoms with Crippen molar-refractivity contribution in [1.82, 2.24) is 14.9 Å². The highest BCUT2D eigenvalue weighted by Crippen LogP contribution is 2.12. The minimum absolute atomic E-state index is 0.0186. The van der Waals surface area contributed by atoms with E-state index in [9.17, 15) is 9.59 Å². The van der Waals surface area contributed by atoms with Gasteiger partial charge >= 0.3 is 0 Å². The van der Waals surface area contributed by atoms with Crippen molar-refractivity contribution in [2.24, 2.45) is 0 Å². The monoisotopic (exact) mass is 256 g/mol. The summed E-state index contributed by atoms with van der Waals surface area (Å²) in [4.78, 5) is 31.0. The number of nitrogens with zero attached hydrogens (tertiary/aromatic N) is 2. The van der Waals surface area contributed by atoms with Gasteiger partial charge in [-0.1, -0.05) is 11.8 Å². The molecule has 0 bridgehead atoms. The minimum Gasteiger partial charge on any atom is -0.383 e. The van der Waals surface area contributed by atoms with Gasteiger partial charge in [0.05, 0.1) is 5.75 Å². The van der Waals surface area contributed by atoms with Gasteiger partial charge in [-0.2, -0.15) is 0 Å². The molecule has 1 aromatic heterocycles. The van der Waals surface area contributed by atoms with Crippen molar-refractivity contribution in [3.05, 3.63) is 16.4 Å². The van der Waals surface area contributed by atoms with E-state index in [1.165, 1.54) is 17.8 Å². The van der Waals surface area contributed by atoms with Crippen LogP contribution in [-0.4, -0.2) is 39.6 Å². The van der Waals surface area contributed by atoms with Gasteiger partial charge in [0.2, 0.25) is 5.91 Å². The first-order valence-electron chi connectivity index (χ1n) is 5.34. The summed E-state index contributed by atoms with van der Waals surface area (Å²) in [6, 6.07) is 1.20. The van der Waals surface area contributed by atoms with E-state index < -0.39 is 0 Å². The highest BCUT2D eigenvalue weighted by Gasteiger charge is 2.10. The lowest BCUT2D eigenvalue weighted by Crippen LogP contribution is -2.32. The van der Waals surface area contributed by atoms with Crippen LogP contribution in [0.2, 0.25) is 0 Å². The first kappa shape index (κ1) is 13.6. The first-order chi connectivity index (χ1) is 8.06. The topological polar surface area (TPSA) is 92.1 Å². The van der Waals surface area contributed by atoms with Crippen LogP contribution in [0.15, 0.2) is 16.0 Å². The van der Waals surface area contributed by atoms with Crippen LogP contribution < -0.4 is 11.3 Å². The molecule has 1 amide bonds.